The summed E-state index contributed by atoms with van der Waals surface area (Å²) < 4.78 is 8.05. The van der Waals surface area contributed by atoms with E-state index in [1.807, 2.05) is 30.5 Å². The van der Waals surface area contributed by atoms with E-state index in [1.54, 1.807) is 0 Å². The van der Waals surface area contributed by atoms with Crippen molar-refractivity contribution in [3.05, 3.63) is 40.1 Å². The first-order valence-corrected chi connectivity index (χ1v) is 6.69. The Morgan fingerprint density at radius 3 is 3.05 bits per heavy atom. The summed E-state index contributed by atoms with van der Waals surface area (Å²) in [6, 6.07) is 5.85. The Bertz CT molecular complexity index is 614. The number of aryl methyl sites for hydroxylation is 1. The fourth-order valence-electron chi connectivity index (χ4n) is 1.56. The molecule has 0 aliphatic heterocycles. The molecule has 2 aromatic rings. The molecular weight excluding hydrogens is 326 g/mol. The number of hydrazine groups is 1. The molecule has 0 unspecified atom stereocenters. The van der Waals surface area contributed by atoms with Gasteiger partial charge in [-0.3, -0.25) is 10.2 Å². The largest absolute Gasteiger partial charge is 0.490 e. The van der Waals surface area contributed by atoms with Gasteiger partial charge in [0.15, 0.2) is 5.69 Å². The Labute approximate surface area is 124 Å². The maximum Gasteiger partial charge on any atom is 0.287 e. The number of carbonyl (C=O) groups is 1. The Kier molecular flexibility index (Phi) is 4.70. The Morgan fingerprint density at radius 2 is 2.35 bits per heavy atom. The number of hydrogen-bond donors (Lipinski definition) is 2. The minimum atomic E-state index is -0.474. The molecule has 1 aromatic carbocycles. The van der Waals surface area contributed by atoms with E-state index in [-0.39, 0.29) is 5.69 Å². The van der Waals surface area contributed by atoms with Gasteiger partial charge in [-0.05, 0) is 40.5 Å². The first-order valence-electron chi connectivity index (χ1n) is 5.90. The smallest absolute Gasteiger partial charge is 0.287 e. The van der Waals surface area contributed by atoms with Gasteiger partial charge < -0.3 is 4.74 Å². The fraction of sp³-hybridized carbons (Fsp3) is 0.250. The van der Waals surface area contributed by atoms with Gasteiger partial charge in [-0.15, -0.1) is 5.10 Å². The monoisotopic (exact) mass is 339 g/mol. The SMILES string of the molecule is Cc1ccc(OCCn2cc(C(=O)NN)nn2)c(Br)c1. The summed E-state index contributed by atoms with van der Waals surface area (Å²) in [4.78, 5) is 11.2. The van der Waals surface area contributed by atoms with Crippen LogP contribution in [0.1, 0.15) is 16.1 Å². The molecule has 8 heteroatoms. The van der Waals surface area contributed by atoms with E-state index < -0.39 is 5.91 Å². The second-order valence-corrected chi connectivity index (χ2v) is 4.98. The van der Waals surface area contributed by atoms with Crippen LogP contribution in [0.3, 0.4) is 0 Å². The van der Waals surface area contributed by atoms with Crippen molar-refractivity contribution >= 4 is 21.8 Å². The molecule has 0 fully saturated rings. The summed E-state index contributed by atoms with van der Waals surface area (Å²) >= 11 is 3.44. The molecule has 0 saturated carbocycles. The number of nitrogen functional groups attached to an aromatic ring is 1. The van der Waals surface area contributed by atoms with Crippen molar-refractivity contribution in [3.8, 4) is 5.75 Å². The van der Waals surface area contributed by atoms with Crippen molar-refractivity contribution in [1.29, 1.82) is 0 Å². The van der Waals surface area contributed by atoms with Crippen molar-refractivity contribution in [1.82, 2.24) is 20.4 Å². The Hall–Kier alpha value is -1.93. The summed E-state index contributed by atoms with van der Waals surface area (Å²) in [7, 11) is 0. The molecule has 7 nitrogen and oxygen atoms in total. The predicted octanol–water partition coefficient (Wildman–Crippen LogP) is 1.03. The molecule has 20 heavy (non-hydrogen) atoms. The van der Waals surface area contributed by atoms with Crippen molar-refractivity contribution in [2.75, 3.05) is 6.61 Å². The second-order valence-electron chi connectivity index (χ2n) is 4.12. The van der Waals surface area contributed by atoms with Crippen LogP contribution in [0.4, 0.5) is 0 Å². The van der Waals surface area contributed by atoms with E-state index in [1.165, 1.54) is 10.9 Å². The zero-order valence-electron chi connectivity index (χ0n) is 10.8. The van der Waals surface area contributed by atoms with E-state index in [9.17, 15) is 4.79 Å². The second kappa shape index (κ2) is 6.49. The van der Waals surface area contributed by atoms with Crippen LogP contribution < -0.4 is 16.0 Å². The summed E-state index contributed by atoms with van der Waals surface area (Å²) in [6.45, 7) is 2.90. The third kappa shape index (κ3) is 3.55. The number of aromatic nitrogens is 3. The highest BCUT2D eigenvalue weighted by atomic mass is 79.9. The van der Waals surface area contributed by atoms with Crippen molar-refractivity contribution < 1.29 is 9.53 Å². The molecular formula is C12H14BrN5O2. The topological polar surface area (TPSA) is 95.1 Å². The lowest BCUT2D eigenvalue weighted by molar-refractivity contribution is 0.0948. The molecule has 1 heterocycles. The molecule has 0 bridgehead atoms. The average Bonchev–Trinajstić information content (AvgIpc) is 2.89. The molecule has 0 aliphatic carbocycles. The summed E-state index contributed by atoms with van der Waals surface area (Å²) in [5.41, 5.74) is 3.32. The number of nitrogens with one attached hydrogen (secondary N) is 1. The van der Waals surface area contributed by atoms with Gasteiger partial charge in [-0.25, -0.2) is 10.5 Å². The minimum Gasteiger partial charge on any atom is -0.490 e. The van der Waals surface area contributed by atoms with Gasteiger partial charge in [-0.1, -0.05) is 11.3 Å². The van der Waals surface area contributed by atoms with Crippen LogP contribution in [0.2, 0.25) is 0 Å². The maximum absolute atomic E-state index is 11.2. The first-order chi connectivity index (χ1) is 9.60. The lowest BCUT2D eigenvalue weighted by Crippen LogP contribution is -2.30. The molecule has 1 amide bonds. The zero-order valence-corrected chi connectivity index (χ0v) is 12.4. The van der Waals surface area contributed by atoms with Crippen LogP contribution in [-0.4, -0.2) is 27.5 Å². The number of carbonyl (C=O) groups excluding carboxylic acids is 1. The lowest BCUT2D eigenvalue weighted by Gasteiger charge is -2.08. The van der Waals surface area contributed by atoms with Crippen LogP contribution >= 0.6 is 15.9 Å². The summed E-state index contributed by atoms with van der Waals surface area (Å²) in [5.74, 6) is 5.30. The number of nitrogens with zero attached hydrogens (tertiary/aromatic N) is 3. The molecule has 0 radical (unpaired) electrons. The molecule has 0 saturated heterocycles. The highest BCUT2D eigenvalue weighted by molar-refractivity contribution is 9.10. The van der Waals surface area contributed by atoms with E-state index in [0.29, 0.717) is 13.2 Å². The number of halogens is 1. The standard InChI is InChI=1S/C12H14BrN5O2/c1-8-2-3-11(9(13)6-8)20-5-4-18-7-10(16-17-18)12(19)15-14/h2-3,6-7H,4-5,14H2,1H3,(H,15,19). The number of rotatable bonds is 5. The molecule has 1 aromatic heterocycles. The number of ether oxygens (including phenoxy) is 1. The minimum absolute atomic E-state index is 0.170. The first kappa shape index (κ1) is 14.5. The van der Waals surface area contributed by atoms with Gasteiger partial charge >= 0.3 is 0 Å². The molecule has 0 spiro atoms. The van der Waals surface area contributed by atoms with E-state index in [2.05, 4.69) is 26.2 Å². The molecule has 0 atom stereocenters. The number of amides is 1. The van der Waals surface area contributed by atoms with Crippen LogP contribution in [0, 0.1) is 6.92 Å². The number of nitrogens with two attached hydrogens (primary N) is 1. The Balaban J connectivity index is 1.89. The van der Waals surface area contributed by atoms with Crippen LogP contribution in [0.5, 0.6) is 5.75 Å². The van der Waals surface area contributed by atoms with Gasteiger partial charge in [0.1, 0.15) is 12.4 Å². The molecule has 2 rings (SSSR count). The quantitative estimate of drug-likeness (QED) is 0.482. The normalized spacial score (nSPS) is 10.3. The van der Waals surface area contributed by atoms with Gasteiger partial charge in [0.2, 0.25) is 0 Å². The number of hydrogen-bond acceptors (Lipinski definition) is 5. The summed E-state index contributed by atoms with van der Waals surface area (Å²) in [5, 5.41) is 7.51. The highest BCUT2D eigenvalue weighted by Gasteiger charge is 2.08. The van der Waals surface area contributed by atoms with Gasteiger partial charge in [-0.2, -0.15) is 0 Å². The van der Waals surface area contributed by atoms with Gasteiger partial charge in [0, 0.05) is 0 Å². The van der Waals surface area contributed by atoms with Crippen molar-refractivity contribution in [3.63, 3.8) is 0 Å². The van der Waals surface area contributed by atoms with Crippen LogP contribution in [0.15, 0.2) is 28.9 Å². The van der Waals surface area contributed by atoms with E-state index in [0.717, 1.165) is 15.8 Å². The lowest BCUT2D eigenvalue weighted by atomic mass is 10.2. The van der Waals surface area contributed by atoms with Gasteiger partial charge in [0.05, 0.1) is 17.2 Å². The van der Waals surface area contributed by atoms with Crippen LogP contribution in [0.25, 0.3) is 0 Å². The van der Waals surface area contributed by atoms with Crippen molar-refractivity contribution in [2.24, 2.45) is 5.84 Å². The van der Waals surface area contributed by atoms with E-state index >= 15 is 0 Å². The number of benzene rings is 1. The third-order valence-electron chi connectivity index (χ3n) is 2.57. The van der Waals surface area contributed by atoms with Gasteiger partial charge in [0.25, 0.3) is 5.91 Å². The zero-order chi connectivity index (χ0) is 14.5. The van der Waals surface area contributed by atoms with E-state index in [4.69, 9.17) is 10.6 Å². The Morgan fingerprint density at radius 1 is 1.55 bits per heavy atom. The fourth-order valence-corrected chi connectivity index (χ4v) is 2.17. The molecule has 3 N–H and O–H groups in total. The summed E-state index contributed by atoms with van der Waals surface area (Å²) in [6.07, 6.45) is 1.51. The predicted molar refractivity (Wildman–Crippen MR) is 76.0 cm³/mol. The highest BCUT2D eigenvalue weighted by Crippen LogP contribution is 2.25. The molecule has 106 valence electrons. The maximum atomic E-state index is 11.2. The average molecular weight is 340 g/mol. The van der Waals surface area contributed by atoms with Crippen molar-refractivity contribution in [2.45, 2.75) is 13.5 Å². The van der Waals surface area contributed by atoms with Crippen LogP contribution in [-0.2, 0) is 6.54 Å². The third-order valence-corrected chi connectivity index (χ3v) is 3.19. The molecule has 0 aliphatic rings.